The molecule has 0 aromatic carbocycles. The lowest BCUT2D eigenvalue weighted by Gasteiger charge is -2.22. The normalized spacial score (nSPS) is 17.3. The van der Waals surface area contributed by atoms with Gasteiger partial charge < -0.3 is 16.8 Å². The molecule has 1 amide bonds. The van der Waals surface area contributed by atoms with Crippen LogP contribution in [0.2, 0.25) is 0 Å². The van der Waals surface area contributed by atoms with E-state index in [1.54, 1.807) is 0 Å². The number of nitrogens with two attached hydrogens (primary N) is 2. The molecule has 1 saturated carbocycles. The van der Waals surface area contributed by atoms with Crippen LogP contribution in [0.4, 0.5) is 24.7 Å². The molecule has 1 aliphatic carbocycles. The monoisotopic (exact) mass is 260 g/mol. The molecular formula is C10H11F3N4O. The zero-order chi connectivity index (χ0) is 13.6. The first-order chi connectivity index (χ1) is 8.25. The minimum Gasteiger partial charge on any atom is -0.397 e. The van der Waals surface area contributed by atoms with E-state index in [9.17, 15) is 18.0 Å². The van der Waals surface area contributed by atoms with E-state index >= 15 is 0 Å². The summed E-state index contributed by atoms with van der Waals surface area (Å²) >= 11 is 0. The van der Waals surface area contributed by atoms with Gasteiger partial charge in [0.1, 0.15) is 11.4 Å². The Bertz CT molecular complexity index is 496. The number of halogens is 3. The first-order valence-corrected chi connectivity index (χ1v) is 5.15. The molecular weight excluding hydrogens is 249 g/mol. The highest BCUT2D eigenvalue weighted by atomic mass is 19.4. The molecule has 1 aromatic rings. The van der Waals surface area contributed by atoms with E-state index in [2.05, 4.69) is 10.3 Å². The van der Waals surface area contributed by atoms with Gasteiger partial charge in [-0.1, -0.05) is 0 Å². The van der Waals surface area contributed by atoms with Crippen LogP contribution >= 0.6 is 0 Å². The summed E-state index contributed by atoms with van der Waals surface area (Å²) in [6, 6.07) is 1.20. The van der Waals surface area contributed by atoms with Crippen LogP contribution in [-0.4, -0.2) is 22.6 Å². The van der Waals surface area contributed by atoms with Crippen molar-refractivity contribution in [3.8, 4) is 0 Å². The number of amides is 1. The minimum absolute atomic E-state index is 0.0548. The fourth-order valence-corrected chi connectivity index (χ4v) is 1.60. The maximum absolute atomic E-state index is 12.8. The lowest BCUT2D eigenvalue weighted by atomic mass is 10.2. The van der Waals surface area contributed by atoms with Gasteiger partial charge in [-0.25, -0.2) is 4.98 Å². The van der Waals surface area contributed by atoms with Crippen molar-refractivity contribution in [2.45, 2.75) is 24.6 Å². The van der Waals surface area contributed by atoms with Crippen molar-refractivity contribution in [1.29, 1.82) is 0 Å². The first kappa shape index (κ1) is 12.5. The number of hydrogen-bond acceptors (Lipinski definition) is 4. The fraction of sp³-hybridized carbons (Fsp3) is 0.400. The van der Waals surface area contributed by atoms with Gasteiger partial charge in [0.15, 0.2) is 0 Å². The topological polar surface area (TPSA) is 94.0 Å². The standard InChI is InChI=1S/C10H11F3N4O/c11-10(12,13)9(1-2-9)17-8-6(7(15)18)3-5(14)4-16-8/h3-4H,1-2,14H2,(H2,15,18)(H,16,17). The molecule has 2 rings (SSSR count). The Labute approximate surface area is 100 Å². The molecule has 0 spiro atoms. The number of rotatable bonds is 3. The molecule has 0 radical (unpaired) electrons. The highest BCUT2D eigenvalue weighted by molar-refractivity contribution is 5.98. The zero-order valence-corrected chi connectivity index (χ0v) is 9.21. The van der Waals surface area contributed by atoms with Crippen LogP contribution in [0.1, 0.15) is 23.2 Å². The van der Waals surface area contributed by atoms with Crippen LogP contribution in [0.25, 0.3) is 0 Å². The lowest BCUT2D eigenvalue weighted by molar-refractivity contribution is -0.151. The molecule has 18 heavy (non-hydrogen) atoms. The number of aromatic nitrogens is 1. The maximum atomic E-state index is 12.8. The van der Waals surface area contributed by atoms with Crippen LogP contribution in [-0.2, 0) is 0 Å². The number of nitrogens with one attached hydrogen (secondary N) is 1. The number of nitrogen functional groups attached to an aromatic ring is 1. The predicted octanol–water partition coefficient (Wildman–Crippen LogP) is 1.27. The SMILES string of the molecule is NC(=O)c1cc(N)cnc1NC1(C(F)(F)F)CC1. The number of primary amides is 1. The molecule has 1 aromatic heterocycles. The summed E-state index contributed by atoms with van der Waals surface area (Å²) in [7, 11) is 0. The van der Waals surface area contributed by atoms with Crippen molar-refractivity contribution < 1.29 is 18.0 Å². The molecule has 1 aliphatic rings. The number of anilines is 2. The average Bonchev–Trinajstić information content (AvgIpc) is 3.00. The van der Waals surface area contributed by atoms with E-state index in [0.717, 1.165) is 0 Å². The Kier molecular flexibility index (Phi) is 2.60. The van der Waals surface area contributed by atoms with Crippen molar-refractivity contribution in [3.05, 3.63) is 17.8 Å². The van der Waals surface area contributed by atoms with Gasteiger partial charge in [-0.15, -0.1) is 0 Å². The molecule has 1 heterocycles. The van der Waals surface area contributed by atoms with Gasteiger partial charge in [-0.3, -0.25) is 4.79 Å². The third-order valence-corrected chi connectivity index (χ3v) is 2.82. The second kappa shape index (κ2) is 3.76. The van der Waals surface area contributed by atoms with E-state index < -0.39 is 17.6 Å². The first-order valence-electron chi connectivity index (χ1n) is 5.15. The third-order valence-electron chi connectivity index (χ3n) is 2.82. The molecule has 0 unspecified atom stereocenters. The number of carbonyl (C=O) groups excluding carboxylic acids is 1. The summed E-state index contributed by atoms with van der Waals surface area (Å²) in [5.41, 5.74) is 8.50. The molecule has 5 nitrogen and oxygen atoms in total. The van der Waals surface area contributed by atoms with Crippen molar-refractivity contribution in [1.82, 2.24) is 4.98 Å². The molecule has 0 saturated heterocycles. The largest absolute Gasteiger partial charge is 0.411 e. The number of carbonyl (C=O) groups is 1. The van der Waals surface area contributed by atoms with E-state index in [1.165, 1.54) is 12.3 Å². The second-order valence-corrected chi connectivity index (χ2v) is 4.23. The summed E-state index contributed by atoms with van der Waals surface area (Å²) in [6.45, 7) is 0. The van der Waals surface area contributed by atoms with Crippen LogP contribution < -0.4 is 16.8 Å². The number of hydrogen-bond donors (Lipinski definition) is 3. The second-order valence-electron chi connectivity index (χ2n) is 4.23. The van der Waals surface area contributed by atoms with Gasteiger partial charge in [0.05, 0.1) is 17.4 Å². The van der Waals surface area contributed by atoms with Gasteiger partial charge in [-0.05, 0) is 18.9 Å². The molecule has 1 fully saturated rings. The minimum atomic E-state index is -4.40. The fourth-order valence-electron chi connectivity index (χ4n) is 1.60. The predicted molar refractivity (Wildman–Crippen MR) is 58.8 cm³/mol. The Balaban J connectivity index is 2.33. The summed E-state index contributed by atoms with van der Waals surface area (Å²) < 4.78 is 38.3. The van der Waals surface area contributed by atoms with Gasteiger partial charge in [0.25, 0.3) is 5.91 Å². The molecule has 5 N–H and O–H groups in total. The van der Waals surface area contributed by atoms with Crippen LogP contribution in [0.3, 0.4) is 0 Å². The maximum Gasteiger partial charge on any atom is 0.411 e. The Morgan fingerprint density at radius 3 is 2.50 bits per heavy atom. The lowest BCUT2D eigenvalue weighted by Crippen LogP contribution is -2.39. The van der Waals surface area contributed by atoms with E-state index in [1.807, 2.05) is 0 Å². The third kappa shape index (κ3) is 2.05. The Morgan fingerprint density at radius 1 is 1.44 bits per heavy atom. The highest BCUT2D eigenvalue weighted by Gasteiger charge is 2.63. The summed E-state index contributed by atoms with van der Waals surface area (Å²) in [4.78, 5) is 14.8. The summed E-state index contributed by atoms with van der Waals surface area (Å²) in [6.07, 6.45) is -3.34. The molecule has 8 heteroatoms. The molecule has 98 valence electrons. The van der Waals surface area contributed by atoms with Gasteiger partial charge in [0.2, 0.25) is 0 Å². The number of pyridine rings is 1. The average molecular weight is 260 g/mol. The van der Waals surface area contributed by atoms with Crippen LogP contribution in [0.5, 0.6) is 0 Å². The van der Waals surface area contributed by atoms with Crippen molar-refractivity contribution in [2.75, 3.05) is 11.1 Å². The Morgan fingerprint density at radius 2 is 2.06 bits per heavy atom. The van der Waals surface area contributed by atoms with E-state index in [-0.39, 0.29) is 29.9 Å². The zero-order valence-electron chi connectivity index (χ0n) is 9.21. The smallest absolute Gasteiger partial charge is 0.397 e. The van der Waals surface area contributed by atoms with Crippen molar-refractivity contribution in [2.24, 2.45) is 5.73 Å². The van der Waals surface area contributed by atoms with Crippen molar-refractivity contribution >= 4 is 17.4 Å². The van der Waals surface area contributed by atoms with E-state index in [0.29, 0.717) is 0 Å². The molecule has 0 atom stereocenters. The summed E-state index contributed by atoms with van der Waals surface area (Å²) in [5, 5.41) is 2.25. The van der Waals surface area contributed by atoms with Crippen molar-refractivity contribution in [3.63, 3.8) is 0 Å². The van der Waals surface area contributed by atoms with Crippen LogP contribution in [0.15, 0.2) is 12.3 Å². The Hall–Kier alpha value is -1.99. The summed E-state index contributed by atoms with van der Waals surface area (Å²) in [5.74, 6) is -1.07. The van der Waals surface area contributed by atoms with Gasteiger partial charge in [0, 0.05) is 0 Å². The highest BCUT2D eigenvalue weighted by Crippen LogP contribution is 2.51. The quantitative estimate of drug-likeness (QED) is 0.762. The molecule has 0 aliphatic heterocycles. The number of alkyl halides is 3. The van der Waals surface area contributed by atoms with Crippen LogP contribution in [0, 0.1) is 0 Å². The van der Waals surface area contributed by atoms with Gasteiger partial charge >= 0.3 is 6.18 Å². The van der Waals surface area contributed by atoms with E-state index in [4.69, 9.17) is 11.5 Å². The number of nitrogens with zero attached hydrogens (tertiary/aromatic N) is 1. The van der Waals surface area contributed by atoms with Gasteiger partial charge in [-0.2, -0.15) is 13.2 Å². The molecule has 0 bridgehead atoms.